The smallest absolute Gasteiger partial charge is 0.124 e. The Morgan fingerprint density at radius 3 is 2.89 bits per heavy atom. The summed E-state index contributed by atoms with van der Waals surface area (Å²) >= 11 is 6.16. The SMILES string of the molecule is C[C@H](C1CC1)n1nccc1NCc1ccccc1Cl. The lowest BCUT2D eigenvalue weighted by atomic mass is 10.2. The minimum Gasteiger partial charge on any atom is -0.366 e. The van der Waals surface area contributed by atoms with Crippen LogP contribution in [-0.2, 0) is 6.54 Å². The van der Waals surface area contributed by atoms with E-state index >= 15 is 0 Å². The van der Waals surface area contributed by atoms with Crippen LogP contribution in [0.25, 0.3) is 0 Å². The molecule has 1 aliphatic carbocycles. The summed E-state index contributed by atoms with van der Waals surface area (Å²) in [7, 11) is 0. The lowest BCUT2D eigenvalue weighted by molar-refractivity contribution is 0.444. The van der Waals surface area contributed by atoms with Gasteiger partial charge in [0.25, 0.3) is 0 Å². The molecular formula is C15H18ClN3. The summed E-state index contributed by atoms with van der Waals surface area (Å²) in [6.45, 7) is 2.97. The van der Waals surface area contributed by atoms with Gasteiger partial charge in [-0.3, -0.25) is 0 Å². The van der Waals surface area contributed by atoms with Crippen molar-refractivity contribution in [2.45, 2.75) is 32.4 Å². The Hall–Kier alpha value is -1.48. The average Bonchev–Trinajstić information content (AvgIpc) is 3.16. The normalized spacial score (nSPS) is 16.3. The Morgan fingerprint density at radius 2 is 2.16 bits per heavy atom. The molecule has 1 aliphatic rings. The highest BCUT2D eigenvalue weighted by Crippen LogP contribution is 2.40. The molecule has 19 heavy (non-hydrogen) atoms. The van der Waals surface area contributed by atoms with Gasteiger partial charge in [-0.2, -0.15) is 5.10 Å². The summed E-state index contributed by atoms with van der Waals surface area (Å²) in [5.74, 6) is 1.86. The summed E-state index contributed by atoms with van der Waals surface area (Å²) in [5.41, 5.74) is 1.11. The van der Waals surface area contributed by atoms with Crippen molar-refractivity contribution in [1.82, 2.24) is 9.78 Å². The van der Waals surface area contributed by atoms with Crippen molar-refractivity contribution in [3.05, 3.63) is 47.1 Å². The molecule has 0 saturated heterocycles. The van der Waals surface area contributed by atoms with Crippen molar-refractivity contribution in [3.63, 3.8) is 0 Å². The lowest BCUT2D eigenvalue weighted by Crippen LogP contribution is -2.13. The number of nitrogens with one attached hydrogen (secondary N) is 1. The molecular weight excluding hydrogens is 258 g/mol. The van der Waals surface area contributed by atoms with Gasteiger partial charge in [0, 0.05) is 17.6 Å². The van der Waals surface area contributed by atoms with Gasteiger partial charge in [-0.25, -0.2) is 4.68 Å². The van der Waals surface area contributed by atoms with E-state index in [0.717, 1.165) is 28.9 Å². The molecule has 0 unspecified atom stereocenters. The number of hydrogen-bond donors (Lipinski definition) is 1. The fourth-order valence-electron chi connectivity index (χ4n) is 2.38. The van der Waals surface area contributed by atoms with Gasteiger partial charge in [0.2, 0.25) is 0 Å². The molecule has 4 heteroatoms. The number of aromatic nitrogens is 2. The molecule has 0 bridgehead atoms. The highest BCUT2D eigenvalue weighted by atomic mass is 35.5. The largest absolute Gasteiger partial charge is 0.366 e. The first-order valence-corrected chi connectivity index (χ1v) is 7.14. The zero-order valence-corrected chi connectivity index (χ0v) is 11.8. The summed E-state index contributed by atoms with van der Waals surface area (Å²) in [5, 5.41) is 8.67. The van der Waals surface area contributed by atoms with E-state index in [1.807, 2.05) is 36.5 Å². The molecule has 0 spiro atoms. The molecule has 3 rings (SSSR count). The third-order valence-electron chi connectivity index (χ3n) is 3.78. The molecule has 0 aliphatic heterocycles. The summed E-state index contributed by atoms with van der Waals surface area (Å²) < 4.78 is 2.09. The zero-order valence-electron chi connectivity index (χ0n) is 11.0. The van der Waals surface area contributed by atoms with Crippen molar-refractivity contribution in [2.24, 2.45) is 5.92 Å². The summed E-state index contributed by atoms with van der Waals surface area (Å²) in [6.07, 6.45) is 4.50. The predicted molar refractivity (Wildman–Crippen MR) is 78.4 cm³/mol. The molecule has 1 atom stereocenters. The van der Waals surface area contributed by atoms with Gasteiger partial charge in [-0.15, -0.1) is 0 Å². The van der Waals surface area contributed by atoms with Crippen LogP contribution in [0, 0.1) is 5.92 Å². The molecule has 1 saturated carbocycles. The molecule has 0 radical (unpaired) electrons. The molecule has 1 heterocycles. The Kier molecular flexibility index (Phi) is 3.47. The Labute approximate surface area is 118 Å². The van der Waals surface area contributed by atoms with Crippen LogP contribution in [0.2, 0.25) is 5.02 Å². The second-order valence-electron chi connectivity index (χ2n) is 5.18. The first-order valence-electron chi connectivity index (χ1n) is 6.76. The van der Waals surface area contributed by atoms with Gasteiger partial charge in [0.05, 0.1) is 12.2 Å². The van der Waals surface area contributed by atoms with Crippen LogP contribution >= 0.6 is 11.6 Å². The standard InChI is InChI=1S/C15H18ClN3/c1-11(12-6-7-12)19-15(8-9-18-19)17-10-13-4-2-3-5-14(13)16/h2-5,8-9,11-12,17H,6-7,10H2,1H3/t11-/m1/s1. The number of hydrogen-bond acceptors (Lipinski definition) is 2. The second kappa shape index (κ2) is 5.25. The first-order chi connectivity index (χ1) is 9.25. The van der Waals surface area contributed by atoms with Gasteiger partial charge in [0.1, 0.15) is 5.82 Å². The van der Waals surface area contributed by atoms with E-state index in [0.29, 0.717) is 6.04 Å². The zero-order chi connectivity index (χ0) is 13.2. The van der Waals surface area contributed by atoms with Crippen molar-refractivity contribution < 1.29 is 0 Å². The van der Waals surface area contributed by atoms with Crippen LogP contribution in [-0.4, -0.2) is 9.78 Å². The third-order valence-corrected chi connectivity index (χ3v) is 4.15. The first kappa shape index (κ1) is 12.5. The van der Waals surface area contributed by atoms with E-state index in [1.54, 1.807) is 0 Å². The highest BCUT2D eigenvalue weighted by Gasteiger charge is 2.30. The van der Waals surface area contributed by atoms with Crippen molar-refractivity contribution >= 4 is 17.4 Å². The Bertz CT molecular complexity index is 560. The van der Waals surface area contributed by atoms with Crippen molar-refractivity contribution in [2.75, 3.05) is 5.32 Å². The van der Waals surface area contributed by atoms with Crippen LogP contribution in [0.1, 0.15) is 31.4 Å². The quantitative estimate of drug-likeness (QED) is 0.890. The van der Waals surface area contributed by atoms with Crippen LogP contribution in [0.5, 0.6) is 0 Å². The highest BCUT2D eigenvalue weighted by molar-refractivity contribution is 6.31. The maximum atomic E-state index is 6.16. The van der Waals surface area contributed by atoms with Gasteiger partial charge in [-0.1, -0.05) is 29.8 Å². The Balaban J connectivity index is 1.70. The maximum Gasteiger partial charge on any atom is 0.124 e. The topological polar surface area (TPSA) is 29.9 Å². The van der Waals surface area contributed by atoms with E-state index in [1.165, 1.54) is 12.8 Å². The lowest BCUT2D eigenvalue weighted by Gasteiger charge is -2.16. The van der Waals surface area contributed by atoms with Crippen molar-refractivity contribution in [3.8, 4) is 0 Å². The summed E-state index contributed by atoms with van der Waals surface area (Å²) in [6, 6.07) is 10.4. The summed E-state index contributed by atoms with van der Waals surface area (Å²) in [4.78, 5) is 0. The average molecular weight is 276 g/mol. The number of benzene rings is 1. The fraction of sp³-hybridized carbons (Fsp3) is 0.400. The number of anilines is 1. The number of halogens is 1. The van der Waals surface area contributed by atoms with Crippen LogP contribution < -0.4 is 5.32 Å². The van der Waals surface area contributed by atoms with Gasteiger partial charge < -0.3 is 5.32 Å². The number of nitrogens with zero attached hydrogens (tertiary/aromatic N) is 2. The van der Waals surface area contributed by atoms with Gasteiger partial charge in [-0.05, 0) is 37.3 Å². The second-order valence-corrected chi connectivity index (χ2v) is 5.59. The van der Waals surface area contributed by atoms with Crippen LogP contribution in [0.15, 0.2) is 36.5 Å². The maximum absolute atomic E-state index is 6.16. The van der Waals surface area contributed by atoms with E-state index in [2.05, 4.69) is 22.0 Å². The minimum absolute atomic E-state index is 0.476. The molecule has 0 amide bonds. The fourth-order valence-corrected chi connectivity index (χ4v) is 2.59. The molecule has 1 aromatic carbocycles. The molecule has 1 aromatic heterocycles. The molecule has 2 aromatic rings. The minimum atomic E-state index is 0.476. The van der Waals surface area contributed by atoms with Gasteiger partial charge in [0.15, 0.2) is 0 Å². The number of rotatable bonds is 5. The third kappa shape index (κ3) is 2.76. The van der Waals surface area contributed by atoms with Crippen LogP contribution in [0.3, 0.4) is 0 Å². The molecule has 3 nitrogen and oxygen atoms in total. The van der Waals surface area contributed by atoms with Gasteiger partial charge >= 0.3 is 0 Å². The van der Waals surface area contributed by atoms with Crippen LogP contribution in [0.4, 0.5) is 5.82 Å². The monoisotopic (exact) mass is 275 g/mol. The Morgan fingerprint density at radius 1 is 1.37 bits per heavy atom. The predicted octanol–water partition coefficient (Wildman–Crippen LogP) is 4.12. The van der Waals surface area contributed by atoms with Crippen molar-refractivity contribution in [1.29, 1.82) is 0 Å². The van der Waals surface area contributed by atoms with E-state index < -0.39 is 0 Å². The van der Waals surface area contributed by atoms with E-state index in [9.17, 15) is 0 Å². The molecule has 1 fully saturated rings. The van der Waals surface area contributed by atoms with E-state index in [-0.39, 0.29) is 0 Å². The molecule has 100 valence electrons. The van der Waals surface area contributed by atoms with E-state index in [4.69, 9.17) is 11.6 Å². The molecule has 1 N–H and O–H groups in total.